The number of rotatable bonds is 2. The third-order valence-electron chi connectivity index (χ3n) is 3.14. The maximum atomic E-state index is 12.1. The van der Waals surface area contributed by atoms with E-state index in [1.807, 2.05) is 30.3 Å². The summed E-state index contributed by atoms with van der Waals surface area (Å²) in [4.78, 5) is 24.9. The van der Waals surface area contributed by atoms with E-state index in [1.165, 1.54) is 11.8 Å². The molecule has 1 heterocycles. The molecule has 19 heavy (non-hydrogen) atoms. The van der Waals surface area contributed by atoms with Gasteiger partial charge in [0, 0.05) is 10.5 Å². The Bertz CT molecular complexity index is 648. The molecule has 0 fully saturated rings. The van der Waals surface area contributed by atoms with Crippen LogP contribution in [0.2, 0.25) is 0 Å². The molecule has 0 aromatic carbocycles. The van der Waals surface area contributed by atoms with E-state index in [0.29, 0.717) is 23.5 Å². The van der Waals surface area contributed by atoms with Crippen LogP contribution in [0.15, 0.2) is 35.2 Å². The molecule has 4 heteroatoms. The highest BCUT2D eigenvalue weighted by atomic mass is 32.2. The van der Waals surface area contributed by atoms with Crippen molar-refractivity contribution in [2.45, 2.75) is 11.8 Å². The maximum Gasteiger partial charge on any atom is 0.339 e. The molecule has 2 aliphatic carbocycles. The molecule has 1 aliphatic heterocycles. The van der Waals surface area contributed by atoms with E-state index in [9.17, 15) is 9.59 Å². The average molecular weight is 272 g/mol. The Kier molecular flexibility index (Phi) is 3.03. The number of fused-ring (bicyclic) bond motifs is 3. The lowest BCUT2D eigenvalue weighted by molar-refractivity contribution is 0.0524. The molecule has 0 saturated carbocycles. The molecule has 0 saturated heterocycles. The Morgan fingerprint density at radius 2 is 2.00 bits per heavy atom. The summed E-state index contributed by atoms with van der Waals surface area (Å²) in [5, 5.41) is 0. The van der Waals surface area contributed by atoms with Crippen LogP contribution < -0.4 is 0 Å². The van der Waals surface area contributed by atoms with Crippen LogP contribution in [-0.4, -0.2) is 24.1 Å². The van der Waals surface area contributed by atoms with Crippen LogP contribution in [-0.2, 0) is 4.74 Å². The molecule has 3 rings (SSSR count). The lowest BCUT2D eigenvalue weighted by atomic mass is 10.1. The molecule has 0 radical (unpaired) electrons. The minimum atomic E-state index is -0.345. The summed E-state index contributed by atoms with van der Waals surface area (Å²) in [6.45, 7) is 2.11. The van der Waals surface area contributed by atoms with E-state index >= 15 is 0 Å². The summed E-state index contributed by atoms with van der Waals surface area (Å²) in [6.07, 6.45) is 0. The Labute approximate surface area is 115 Å². The van der Waals surface area contributed by atoms with E-state index in [2.05, 4.69) is 0 Å². The van der Waals surface area contributed by atoms with Crippen molar-refractivity contribution < 1.29 is 14.3 Å². The minimum absolute atomic E-state index is 0.0896. The Morgan fingerprint density at radius 1 is 1.26 bits per heavy atom. The first-order valence-electron chi connectivity index (χ1n) is 6.12. The molecule has 0 bridgehead atoms. The first-order valence-corrected chi connectivity index (χ1v) is 7.10. The second-order valence-electron chi connectivity index (χ2n) is 4.25. The van der Waals surface area contributed by atoms with Crippen LogP contribution in [0.4, 0.5) is 0 Å². The zero-order valence-electron chi connectivity index (χ0n) is 10.4. The van der Waals surface area contributed by atoms with Crippen LogP contribution in [0.25, 0.3) is 11.1 Å². The molecule has 0 aromatic heterocycles. The molecular formula is C15H12O3S. The van der Waals surface area contributed by atoms with Gasteiger partial charge in [-0.1, -0.05) is 30.3 Å². The fourth-order valence-electron chi connectivity index (χ4n) is 2.39. The Morgan fingerprint density at radius 3 is 2.74 bits per heavy atom. The lowest BCUT2D eigenvalue weighted by Gasteiger charge is -2.04. The average Bonchev–Trinajstić information content (AvgIpc) is 2.79. The zero-order valence-corrected chi connectivity index (χ0v) is 11.3. The second-order valence-corrected chi connectivity index (χ2v) is 5.24. The van der Waals surface area contributed by atoms with Crippen molar-refractivity contribution in [1.29, 1.82) is 0 Å². The second kappa shape index (κ2) is 4.70. The number of hydrogen-bond acceptors (Lipinski definition) is 4. The van der Waals surface area contributed by atoms with Gasteiger partial charge < -0.3 is 4.74 Å². The number of hydrogen-bond donors (Lipinski definition) is 0. The molecule has 0 amide bonds. The highest BCUT2D eigenvalue weighted by Crippen LogP contribution is 2.46. The standard InChI is InChI=1S/C15H12O3S/c1-2-18-15(17)13-10-7-5-3-4-6-9(10)12-11(16)8-19-14(12)13/h3-7H,2,8H2,1H3. The lowest BCUT2D eigenvalue weighted by Crippen LogP contribution is -2.05. The SMILES string of the molecule is CCOC(=O)c1c2cccccc-2c2c1SCC2=O. The molecular weight excluding hydrogens is 260 g/mol. The Hall–Kier alpha value is -1.81. The highest BCUT2D eigenvalue weighted by Gasteiger charge is 2.35. The number of esters is 1. The number of thioether (sulfide) groups is 1. The fourth-order valence-corrected chi connectivity index (χ4v) is 3.52. The van der Waals surface area contributed by atoms with Crippen molar-refractivity contribution in [2.75, 3.05) is 12.4 Å². The van der Waals surface area contributed by atoms with Crippen molar-refractivity contribution in [3.05, 3.63) is 41.5 Å². The third-order valence-corrected chi connectivity index (χ3v) is 4.24. The summed E-state index contributed by atoms with van der Waals surface area (Å²) in [6, 6.07) is 9.39. The summed E-state index contributed by atoms with van der Waals surface area (Å²) in [7, 11) is 0. The molecule has 0 atom stereocenters. The van der Waals surface area contributed by atoms with Gasteiger partial charge in [-0.05, 0) is 18.1 Å². The number of ether oxygens (including phenoxy) is 1. The van der Waals surface area contributed by atoms with Gasteiger partial charge in [-0.2, -0.15) is 0 Å². The summed E-state index contributed by atoms with van der Waals surface area (Å²) < 4.78 is 5.12. The van der Waals surface area contributed by atoms with Crippen molar-refractivity contribution in [1.82, 2.24) is 0 Å². The van der Waals surface area contributed by atoms with Crippen molar-refractivity contribution >= 4 is 23.5 Å². The van der Waals surface area contributed by atoms with Crippen LogP contribution in [0.5, 0.6) is 0 Å². The van der Waals surface area contributed by atoms with Gasteiger partial charge in [0.25, 0.3) is 0 Å². The monoisotopic (exact) mass is 272 g/mol. The van der Waals surface area contributed by atoms with Gasteiger partial charge >= 0.3 is 5.97 Å². The Balaban J connectivity index is 2.29. The van der Waals surface area contributed by atoms with Crippen molar-refractivity contribution in [2.24, 2.45) is 0 Å². The van der Waals surface area contributed by atoms with Gasteiger partial charge in [0.1, 0.15) is 0 Å². The van der Waals surface area contributed by atoms with Gasteiger partial charge in [-0.15, -0.1) is 11.8 Å². The van der Waals surface area contributed by atoms with E-state index in [0.717, 1.165) is 16.0 Å². The summed E-state index contributed by atoms with van der Waals surface area (Å²) in [5.74, 6) is 0.153. The first kappa shape index (κ1) is 12.2. The number of carbonyl (C=O) groups excluding carboxylic acids is 2. The van der Waals surface area contributed by atoms with Gasteiger partial charge in [0.05, 0.1) is 17.9 Å². The summed E-state index contributed by atoms with van der Waals surface area (Å²) >= 11 is 1.43. The molecule has 0 spiro atoms. The zero-order chi connectivity index (χ0) is 13.4. The quantitative estimate of drug-likeness (QED) is 0.787. The predicted molar refractivity (Wildman–Crippen MR) is 74.1 cm³/mol. The topological polar surface area (TPSA) is 43.4 Å². The van der Waals surface area contributed by atoms with Crippen LogP contribution in [0.1, 0.15) is 27.6 Å². The van der Waals surface area contributed by atoms with E-state index in [-0.39, 0.29) is 11.8 Å². The van der Waals surface area contributed by atoms with Crippen molar-refractivity contribution in [3.8, 4) is 11.1 Å². The van der Waals surface area contributed by atoms with Crippen LogP contribution >= 0.6 is 11.8 Å². The van der Waals surface area contributed by atoms with Gasteiger partial charge in [-0.25, -0.2) is 4.79 Å². The van der Waals surface area contributed by atoms with E-state index < -0.39 is 0 Å². The smallest absolute Gasteiger partial charge is 0.339 e. The molecule has 3 nitrogen and oxygen atoms in total. The largest absolute Gasteiger partial charge is 0.462 e. The molecule has 96 valence electrons. The third kappa shape index (κ3) is 1.83. The predicted octanol–water partition coefficient (Wildman–Crippen LogP) is 3.26. The molecule has 0 aromatic rings. The highest BCUT2D eigenvalue weighted by molar-refractivity contribution is 8.00. The van der Waals surface area contributed by atoms with Gasteiger partial charge in [-0.3, -0.25) is 4.79 Å². The molecule has 0 N–H and O–H groups in total. The maximum absolute atomic E-state index is 12.1. The summed E-state index contributed by atoms with van der Waals surface area (Å²) in [5.41, 5.74) is 2.87. The van der Waals surface area contributed by atoms with E-state index in [4.69, 9.17) is 4.74 Å². The minimum Gasteiger partial charge on any atom is -0.462 e. The number of carbonyl (C=O) groups is 2. The molecule has 3 aliphatic rings. The number of Topliss-reactive ketones (excluding diaryl/α,β-unsaturated/α-hetero) is 1. The normalized spacial score (nSPS) is 13.6. The van der Waals surface area contributed by atoms with Crippen LogP contribution in [0.3, 0.4) is 0 Å². The first-order chi connectivity index (χ1) is 9.24. The van der Waals surface area contributed by atoms with Crippen molar-refractivity contribution in [3.63, 3.8) is 0 Å². The fraction of sp³-hybridized carbons (Fsp3) is 0.200. The number of ketones is 1. The van der Waals surface area contributed by atoms with Gasteiger partial charge in [0.15, 0.2) is 5.78 Å². The molecule has 0 unspecified atom stereocenters. The van der Waals surface area contributed by atoms with E-state index in [1.54, 1.807) is 6.92 Å². The van der Waals surface area contributed by atoms with Gasteiger partial charge in [0.2, 0.25) is 0 Å². The van der Waals surface area contributed by atoms with Crippen LogP contribution in [0, 0.1) is 0 Å².